The molecule has 2 N–H and O–H groups in total. The van der Waals surface area contributed by atoms with Crippen LogP contribution in [-0.4, -0.2) is 71.5 Å². The van der Waals surface area contributed by atoms with E-state index in [4.69, 9.17) is 18.9 Å². The van der Waals surface area contributed by atoms with Crippen LogP contribution in [0, 0.1) is 16.7 Å². The van der Waals surface area contributed by atoms with Crippen LogP contribution in [0.2, 0.25) is 0 Å². The lowest BCUT2D eigenvalue weighted by Gasteiger charge is -2.58. The Morgan fingerprint density at radius 3 is 2.57 bits per heavy atom. The predicted molar refractivity (Wildman–Crippen MR) is 104 cm³/mol. The molecule has 1 spiro atoms. The Labute approximate surface area is 176 Å². The van der Waals surface area contributed by atoms with Crippen molar-refractivity contribution < 1.29 is 38.7 Å². The van der Waals surface area contributed by atoms with Crippen LogP contribution in [0.5, 0.6) is 0 Å². The topological polar surface area (TPSA) is 115 Å². The van der Waals surface area contributed by atoms with E-state index in [0.29, 0.717) is 19.4 Å². The average molecular weight is 424 g/mol. The monoisotopic (exact) mass is 424 g/mol. The maximum absolute atomic E-state index is 12.4. The highest BCUT2D eigenvalue weighted by Crippen LogP contribution is 2.71. The first-order valence-corrected chi connectivity index (χ1v) is 10.7. The molecule has 2 aliphatic carbocycles. The molecular weight excluding hydrogens is 392 g/mol. The molecule has 1 saturated carbocycles. The number of carbonyl (C=O) groups excluding carboxylic acids is 2. The quantitative estimate of drug-likeness (QED) is 0.383. The van der Waals surface area contributed by atoms with Crippen LogP contribution < -0.4 is 0 Å². The van der Waals surface area contributed by atoms with Gasteiger partial charge in [0.2, 0.25) is 0 Å². The van der Waals surface area contributed by atoms with Crippen molar-refractivity contribution in [1.82, 2.24) is 0 Å². The first-order valence-electron chi connectivity index (χ1n) is 10.7. The number of carbonyl (C=O) groups is 2. The fourth-order valence-corrected chi connectivity index (χ4v) is 5.92. The highest BCUT2D eigenvalue weighted by atomic mass is 16.6. The predicted octanol–water partition coefficient (Wildman–Crippen LogP) is 1.12. The van der Waals surface area contributed by atoms with Crippen LogP contribution in [0.4, 0.5) is 0 Å². The molecule has 2 heterocycles. The van der Waals surface area contributed by atoms with Crippen LogP contribution >= 0.6 is 0 Å². The summed E-state index contributed by atoms with van der Waals surface area (Å²) >= 11 is 0. The summed E-state index contributed by atoms with van der Waals surface area (Å²) in [4.78, 5) is 24.1. The molecule has 0 radical (unpaired) electrons. The van der Waals surface area contributed by atoms with Gasteiger partial charge in [-0.1, -0.05) is 26.8 Å². The highest BCUT2D eigenvalue weighted by Gasteiger charge is 2.85. The van der Waals surface area contributed by atoms with Crippen molar-refractivity contribution in [1.29, 1.82) is 0 Å². The molecule has 8 atom stereocenters. The van der Waals surface area contributed by atoms with E-state index in [2.05, 4.69) is 0 Å². The molecule has 4 rings (SSSR count). The van der Waals surface area contributed by atoms with Gasteiger partial charge in [0.05, 0.1) is 18.8 Å². The number of rotatable bonds is 5. The largest absolute Gasteiger partial charge is 0.465 e. The number of fused-ring (bicyclic) bond motifs is 2. The van der Waals surface area contributed by atoms with Gasteiger partial charge in [0.25, 0.3) is 0 Å². The zero-order valence-electron chi connectivity index (χ0n) is 18.2. The number of hydrogen-bond acceptors (Lipinski definition) is 8. The maximum atomic E-state index is 12.4. The standard InChI is InChI=1S/C22H32O8/c1-11(2)6-16(24)29-14-8-21(9-27-13(4)23)15(7-12(14)3)30-19-17(25)18(26)20(21,5)22(19)10-28-22/h7,11,14-15,17-19,25-26H,6,8-10H2,1-5H3/t14-,15+,17+,18+,19-,20+,21+,22+/m1/s1. The smallest absolute Gasteiger partial charge is 0.306 e. The van der Waals surface area contributed by atoms with Gasteiger partial charge >= 0.3 is 11.9 Å². The maximum Gasteiger partial charge on any atom is 0.306 e. The van der Waals surface area contributed by atoms with Crippen molar-refractivity contribution in [3.05, 3.63) is 11.6 Å². The summed E-state index contributed by atoms with van der Waals surface area (Å²) in [6.45, 7) is 9.28. The van der Waals surface area contributed by atoms with Crippen LogP contribution in [0.15, 0.2) is 11.6 Å². The number of epoxide rings is 1. The van der Waals surface area contributed by atoms with E-state index in [-0.39, 0.29) is 18.5 Å². The van der Waals surface area contributed by atoms with Gasteiger partial charge in [-0.15, -0.1) is 0 Å². The first-order chi connectivity index (χ1) is 14.0. The summed E-state index contributed by atoms with van der Waals surface area (Å²) < 4.78 is 23.4. The third-order valence-corrected chi connectivity index (χ3v) is 7.74. The van der Waals surface area contributed by atoms with Crippen molar-refractivity contribution in [3.8, 4) is 0 Å². The lowest BCUT2D eigenvalue weighted by Crippen LogP contribution is -2.67. The summed E-state index contributed by atoms with van der Waals surface area (Å²) in [5, 5.41) is 21.9. The van der Waals surface area contributed by atoms with Crippen LogP contribution in [-0.2, 0) is 28.5 Å². The summed E-state index contributed by atoms with van der Waals surface area (Å²) in [6, 6.07) is 0. The van der Waals surface area contributed by atoms with Gasteiger partial charge in [-0.05, 0) is 18.4 Å². The number of hydrogen-bond donors (Lipinski definition) is 2. The molecule has 2 bridgehead atoms. The molecule has 2 saturated heterocycles. The first kappa shape index (κ1) is 21.7. The summed E-state index contributed by atoms with van der Waals surface area (Å²) in [5.74, 6) is -0.584. The molecule has 0 aromatic heterocycles. The number of aliphatic hydroxyl groups excluding tert-OH is 2. The minimum Gasteiger partial charge on any atom is -0.465 e. The Morgan fingerprint density at radius 1 is 1.33 bits per heavy atom. The fraction of sp³-hybridized carbons (Fsp3) is 0.818. The van der Waals surface area contributed by atoms with E-state index in [1.807, 2.05) is 33.8 Å². The summed E-state index contributed by atoms with van der Waals surface area (Å²) in [7, 11) is 0. The molecule has 0 unspecified atom stereocenters. The van der Waals surface area contributed by atoms with E-state index in [1.54, 1.807) is 0 Å². The molecule has 8 nitrogen and oxygen atoms in total. The van der Waals surface area contributed by atoms with Gasteiger partial charge in [-0.25, -0.2) is 0 Å². The minimum atomic E-state index is -1.13. The van der Waals surface area contributed by atoms with Gasteiger partial charge in [0.15, 0.2) is 0 Å². The molecule has 2 aliphatic heterocycles. The third kappa shape index (κ3) is 2.80. The Kier molecular flexibility index (Phi) is 5.09. The SMILES string of the molecule is CC(=O)OC[C@@]12C[C@@H](OC(=O)CC(C)C)C(C)=C[C@@H]1O[C@@H]1[C@@H](O)[C@H](O)[C@]2(C)[C@]12CO2. The minimum absolute atomic E-state index is 0.0346. The second kappa shape index (κ2) is 7.02. The van der Waals surface area contributed by atoms with Crippen molar-refractivity contribution in [2.24, 2.45) is 16.7 Å². The number of esters is 2. The Hall–Kier alpha value is -1.48. The van der Waals surface area contributed by atoms with E-state index in [1.165, 1.54) is 6.92 Å². The third-order valence-electron chi connectivity index (χ3n) is 7.74. The van der Waals surface area contributed by atoms with Gasteiger partial charge in [0, 0.05) is 30.6 Å². The van der Waals surface area contributed by atoms with E-state index in [9.17, 15) is 19.8 Å². The van der Waals surface area contributed by atoms with Crippen molar-refractivity contribution in [3.63, 3.8) is 0 Å². The molecule has 8 heteroatoms. The van der Waals surface area contributed by atoms with Crippen molar-refractivity contribution in [2.45, 2.75) is 83.6 Å². The van der Waals surface area contributed by atoms with Crippen LogP contribution in [0.3, 0.4) is 0 Å². The van der Waals surface area contributed by atoms with Crippen molar-refractivity contribution >= 4 is 11.9 Å². The highest BCUT2D eigenvalue weighted by molar-refractivity contribution is 5.70. The van der Waals surface area contributed by atoms with E-state index < -0.39 is 52.9 Å². The number of aliphatic hydroxyl groups is 2. The Balaban J connectivity index is 1.75. The molecule has 30 heavy (non-hydrogen) atoms. The summed E-state index contributed by atoms with van der Waals surface area (Å²) in [5.41, 5.74) is -1.89. The van der Waals surface area contributed by atoms with E-state index in [0.717, 1.165) is 5.57 Å². The lowest BCUT2D eigenvalue weighted by molar-refractivity contribution is -0.239. The van der Waals surface area contributed by atoms with E-state index >= 15 is 0 Å². The molecule has 4 aliphatic rings. The Bertz CT molecular complexity index is 771. The molecule has 0 aromatic carbocycles. The van der Waals surface area contributed by atoms with Crippen molar-refractivity contribution in [2.75, 3.05) is 13.2 Å². The zero-order valence-corrected chi connectivity index (χ0v) is 18.2. The molecular formula is C22H32O8. The molecule has 0 amide bonds. The van der Waals surface area contributed by atoms with Crippen LogP contribution in [0.25, 0.3) is 0 Å². The van der Waals surface area contributed by atoms with Gasteiger partial charge in [-0.2, -0.15) is 0 Å². The summed E-state index contributed by atoms with van der Waals surface area (Å²) in [6.07, 6.45) is -1.50. The molecule has 3 fully saturated rings. The fourth-order valence-electron chi connectivity index (χ4n) is 5.92. The zero-order chi connectivity index (χ0) is 22.1. The molecule has 0 aromatic rings. The lowest BCUT2D eigenvalue weighted by atomic mass is 9.51. The Morgan fingerprint density at radius 2 is 2.00 bits per heavy atom. The van der Waals surface area contributed by atoms with Gasteiger partial charge in [0.1, 0.15) is 30.5 Å². The normalized spacial score (nSPS) is 46.4. The van der Waals surface area contributed by atoms with Gasteiger partial charge in [-0.3, -0.25) is 9.59 Å². The van der Waals surface area contributed by atoms with Crippen LogP contribution in [0.1, 0.15) is 47.5 Å². The molecule has 168 valence electrons. The second-order valence-electron chi connectivity index (χ2n) is 9.92. The average Bonchev–Trinajstić information content (AvgIpc) is 3.43. The second-order valence-corrected chi connectivity index (χ2v) is 9.92. The van der Waals surface area contributed by atoms with Gasteiger partial charge < -0.3 is 29.2 Å². The number of ether oxygens (including phenoxy) is 4.